The Kier molecular flexibility index (Phi) is 10.3. The molecule has 1 heterocycles. The smallest absolute Gasteiger partial charge is 0.345 e. The molecule has 0 amide bonds. The minimum atomic E-state index is -0.877. The van der Waals surface area contributed by atoms with E-state index in [1.165, 1.54) is 15.9 Å². The quantitative estimate of drug-likeness (QED) is 0.138. The molecule has 0 aliphatic carbocycles. The van der Waals surface area contributed by atoms with Crippen molar-refractivity contribution in [2.45, 2.75) is 0 Å². The first-order valence-electron chi connectivity index (χ1n) is 12.3. The van der Waals surface area contributed by atoms with E-state index < -0.39 is 7.92 Å². The van der Waals surface area contributed by atoms with E-state index in [0.29, 0.717) is 0 Å². The second kappa shape index (κ2) is 14.3. The molecule has 0 N–H and O–H groups in total. The molecule has 6 aromatic rings. The van der Waals surface area contributed by atoms with E-state index in [4.69, 9.17) is 0 Å². The molecule has 0 radical (unpaired) electrons. The molecule has 1 nitrogen and oxygen atoms in total. The van der Waals surface area contributed by atoms with Crippen LogP contribution < -0.4 is 15.9 Å². The summed E-state index contributed by atoms with van der Waals surface area (Å²) in [7, 11) is -0.877. The van der Waals surface area contributed by atoms with Crippen molar-refractivity contribution >= 4 is 23.8 Å². The molecule has 0 bridgehead atoms. The van der Waals surface area contributed by atoms with Crippen LogP contribution in [0.2, 0.25) is 0 Å². The summed E-state index contributed by atoms with van der Waals surface area (Å²) in [5, 5.41) is 4.31. The topological polar surface area (TPSA) is 12.9 Å². The molecule has 186 valence electrons. The summed E-state index contributed by atoms with van der Waals surface area (Å²) in [4.78, 5) is 4.65. The molecule has 6 rings (SSSR count). The third-order valence-corrected chi connectivity index (χ3v) is 8.64. The van der Waals surface area contributed by atoms with E-state index >= 15 is 0 Å². The van der Waals surface area contributed by atoms with Crippen LogP contribution in [0.5, 0.6) is 0 Å². The Balaban J connectivity index is 0.000000173. The molecule has 1 aromatic heterocycles. The molecule has 0 spiro atoms. The van der Waals surface area contributed by atoms with Gasteiger partial charge in [0, 0.05) is 0 Å². The minimum Gasteiger partial charge on any atom is -0.345 e. The normalized spacial score (nSPS) is 10.1. The Hall–Kier alpha value is -3.63. The first-order valence-corrected chi connectivity index (χ1v) is 13.8. The predicted octanol–water partition coefficient (Wildman–Crippen LogP) is 7.19. The fraction of sp³-hybridized carbons (Fsp3) is 0. The van der Waals surface area contributed by atoms with Crippen molar-refractivity contribution in [2.24, 2.45) is 0 Å². The predicted molar refractivity (Wildman–Crippen MR) is 159 cm³/mol. The number of benzene rings is 5. The molecule has 0 unspecified atom stereocenters. The Morgan fingerprint density at radius 3 is 1.11 bits per heavy atom. The van der Waals surface area contributed by atoms with Gasteiger partial charge >= 0.3 is 21.1 Å². The Morgan fingerprint density at radius 2 is 0.763 bits per heavy atom. The number of hydrogen-bond acceptors (Lipinski definition) is 1. The number of hydrogen-bond donors (Lipinski definition) is 0. The van der Waals surface area contributed by atoms with Gasteiger partial charge in [0.25, 0.3) is 0 Å². The van der Waals surface area contributed by atoms with Gasteiger partial charge in [0.15, 0.2) is 0 Å². The Labute approximate surface area is 241 Å². The van der Waals surface area contributed by atoms with Crippen molar-refractivity contribution < 1.29 is 21.1 Å². The zero-order chi connectivity index (χ0) is 25.1. The SMILES string of the molecule is [Pt+2].[c-]1ccccc1-c1cccc(-c2[c-]cccc2)n1.c1ccc([PH+](c2ccccc2)c2ccccc2)cc1. The van der Waals surface area contributed by atoms with Gasteiger partial charge < -0.3 is 4.98 Å². The van der Waals surface area contributed by atoms with Crippen molar-refractivity contribution in [3.63, 3.8) is 0 Å². The number of aromatic nitrogens is 1. The average Bonchev–Trinajstić information content (AvgIpc) is 3.00. The zero-order valence-electron chi connectivity index (χ0n) is 20.8. The summed E-state index contributed by atoms with van der Waals surface area (Å²) in [6.07, 6.45) is 0. The van der Waals surface area contributed by atoms with Gasteiger partial charge in [-0.2, -0.15) is 0 Å². The van der Waals surface area contributed by atoms with Crippen LogP contribution in [0.4, 0.5) is 0 Å². The van der Waals surface area contributed by atoms with Crippen LogP contribution in [-0.4, -0.2) is 4.98 Å². The average molecular weight is 688 g/mol. The number of nitrogens with zero attached hydrogens (tertiary/aromatic N) is 1. The van der Waals surface area contributed by atoms with Gasteiger partial charge in [-0.1, -0.05) is 72.8 Å². The van der Waals surface area contributed by atoms with Gasteiger partial charge in [0.2, 0.25) is 0 Å². The molecule has 0 fully saturated rings. The molecule has 3 heteroatoms. The van der Waals surface area contributed by atoms with Gasteiger partial charge in [0.1, 0.15) is 15.9 Å². The maximum Gasteiger partial charge on any atom is 2.00 e. The second-order valence-electron chi connectivity index (χ2n) is 8.43. The minimum absolute atomic E-state index is 0. The van der Waals surface area contributed by atoms with Crippen molar-refractivity contribution in [1.82, 2.24) is 4.98 Å². The Morgan fingerprint density at radius 1 is 0.395 bits per heavy atom. The van der Waals surface area contributed by atoms with Crippen molar-refractivity contribution in [2.75, 3.05) is 0 Å². The Bertz CT molecular complexity index is 1340. The monoisotopic (exact) mass is 687 g/mol. The van der Waals surface area contributed by atoms with Crippen LogP contribution >= 0.6 is 7.92 Å². The fourth-order valence-corrected chi connectivity index (χ4v) is 6.73. The van der Waals surface area contributed by atoms with E-state index in [9.17, 15) is 0 Å². The summed E-state index contributed by atoms with van der Waals surface area (Å²) in [6, 6.07) is 60.6. The number of rotatable bonds is 5. The largest absolute Gasteiger partial charge is 2.00 e. The molecule has 38 heavy (non-hydrogen) atoms. The molecule has 0 saturated heterocycles. The first-order chi connectivity index (χ1) is 18.4. The standard InChI is InChI=1S/C18H15P.C17H11N.Pt/c1-4-10-16(11-5-1)19(17-12-6-2-7-13-17)18-14-8-3-9-15-18;1-3-8-14(9-4-1)16-12-7-13-17(18-16)15-10-5-2-6-11-15;/h1-15H;1-8,10,12-13H;/q;-2;+2/p+1. The molecule has 0 atom stereocenters. The third kappa shape index (κ3) is 7.23. The van der Waals surface area contributed by atoms with Gasteiger partial charge in [0.05, 0.1) is 7.92 Å². The van der Waals surface area contributed by atoms with E-state index in [2.05, 4.69) is 108 Å². The molecule has 0 aliphatic rings. The van der Waals surface area contributed by atoms with Gasteiger partial charge in [-0.15, -0.1) is 71.8 Å². The third-order valence-electron chi connectivity index (χ3n) is 5.91. The first kappa shape index (κ1) is 27.4. The fourth-order valence-electron chi connectivity index (χ4n) is 4.15. The second-order valence-corrected chi connectivity index (χ2v) is 10.9. The van der Waals surface area contributed by atoms with E-state index in [1.807, 2.05) is 66.7 Å². The van der Waals surface area contributed by atoms with Crippen LogP contribution in [0, 0.1) is 12.1 Å². The van der Waals surface area contributed by atoms with E-state index in [-0.39, 0.29) is 21.1 Å². The van der Waals surface area contributed by atoms with Gasteiger partial charge in [-0.25, -0.2) is 0 Å². The molecule has 5 aromatic carbocycles. The van der Waals surface area contributed by atoms with Crippen molar-refractivity contribution in [3.05, 3.63) is 170 Å². The van der Waals surface area contributed by atoms with Crippen molar-refractivity contribution in [1.29, 1.82) is 0 Å². The van der Waals surface area contributed by atoms with Crippen LogP contribution in [0.1, 0.15) is 0 Å². The molecular formula is C35H27NPPt+. The van der Waals surface area contributed by atoms with Crippen LogP contribution in [0.3, 0.4) is 0 Å². The van der Waals surface area contributed by atoms with E-state index in [0.717, 1.165) is 22.5 Å². The van der Waals surface area contributed by atoms with Crippen LogP contribution in [0.25, 0.3) is 22.5 Å². The number of pyridine rings is 1. The van der Waals surface area contributed by atoms with Crippen molar-refractivity contribution in [3.8, 4) is 22.5 Å². The molecule has 0 saturated carbocycles. The van der Waals surface area contributed by atoms with E-state index in [1.54, 1.807) is 0 Å². The van der Waals surface area contributed by atoms with Gasteiger partial charge in [-0.05, 0) is 47.8 Å². The molecular weight excluding hydrogens is 660 g/mol. The zero-order valence-corrected chi connectivity index (χ0v) is 24.0. The van der Waals surface area contributed by atoms with Gasteiger partial charge in [-0.3, -0.25) is 0 Å². The summed E-state index contributed by atoms with van der Waals surface area (Å²) < 4.78 is 0. The maximum absolute atomic E-state index is 4.65. The summed E-state index contributed by atoms with van der Waals surface area (Å²) in [5.41, 5.74) is 3.89. The molecule has 0 aliphatic heterocycles. The van der Waals surface area contributed by atoms with Crippen LogP contribution in [0.15, 0.2) is 158 Å². The summed E-state index contributed by atoms with van der Waals surface area (Å²) in [6.45, 7) is 0. The maximum atomic E-state index is 4.65. The summed E-state index contributed by atoms with van der Waals surface area (Å²) in [5.74, 6) is 0. The summed E-state index contributed by atoms with van der Waals surface area (Å²) >= 11 is 0. The van der Waals surface area contributed by atoms with Crippen LogP contribution in [-0.2, 0) is 21.1 Å².